The van der Waals surface area contributed by atoms with Crippen LogP contribution in [0.3, 0.4) is 0 Å². The van der Waals surface area contributed by atoms with E-state index in [-0.39, 0.29) is 5.82 Å². The average Bonchev–Trinajstić information content (AvgIpc) is 3.23. The Balaban J connectivity index is 0.000000187. The third-order valence-electron chi connectivity index (χ3n) is 6.24. The maximum absolute atomic E-state index is 5.78. The highest BCUT2D eigenvalue weighted by Gasteiger charge is 2.13. The molecule has 7 N–H and O–H groups in total. The summed E-state index contributed by atoms with van der Waals surface area (Å²) < 4.78 is 10.7. The molecule has 2 aliphatic rings. The minimum absolute atomic E-state index is 0.240. The first-order valence-corrected chi connectivity index (χ1v) is 12.1. The predicted molar refractivity (Wildman–Crippen MR) is 144 cm³/mol. The number of morpholine rings is 2. The van der Waals surface area contributed by atoms with Crippen LogP contribution >= 0.6 is 0 Å². The van der Waals surface area contributed by atoms with Gasteiger partial charge in [-0.25, -0.2) is 0 Å². The highest BCUT2D eigenvalue weighted by molar-refractivity contribution is 5.70. The number of nitrogen functional groups attached to an aromatic ring is 3. The van der Waals surface area contributed by atoms with Crippen LogP contribution in [0, 0.1) is 13.8 Å². The summed E-state index contributed by atoms with van der Waals surface area (Å²) in [6, 6.07) is 12.3. The number of hydrogen-bond donors (Lipinski definition) is 4. The van der Waals surface area contributed by atoms with Gasteiger partial charge in [-0.05, 0) is 61.4 Å². The van der Waals surface area contributed by atoms with E-state index < -0.39 is 0 Å². The molecule has 0 amide bonds. The fraction of sp³-hybridized carbons (Fsp3) is 0.400. The van der Waals surface area contributed by atoms with Crippen LogP contribution < -0.4 is 27.0 Å². The number of nitrogens with zero attached hydrogens (tertiary/aromatic N) is 5. The molecule has 0 bridgehead atoms. The zero-order valence-corrected chi connectivity index (χ0v) is 20.9. The zero-order chi connectivity index (χ0) is 25.5. The van der Waals surface area contributed by atoms with E-state index in [4.69, 9.17) is 26.7 Å². The number of ether oxygens (including phenoxy) is 2. The van der Waals surface area contributed by atoms with E-state index in [0.717, 1.165) is 75.1 Å². The SMILES string of the molecule is Cc1cc(N2CCOCC2)ccc1N.Cc1cc(N2CCOCC2)ccc1N=Nc1c(N)n[nH]c1N. The van der Waals surface area contributed by atoms with Crippen LogP contribution in [0.1, 0.15) is 11.1 Å². The first kappa shape index (κ1) is 25.3. The molecule has 2 saturated heterocycles. The van der Waals surface area contributed by atoms with Crippen molar-refractivity contribution < 1.29 is 9.47 Å². The highest BCUT2D eigenvalue weighted by Crippen LogP contribution is 2.31. The van der Waals surface area contributed by atoms with Gasteiger partial charge in [0.25, 0.3) is 0 Å². The van der Waals surface area contributed by atoms with Crippen molar-refractivity contribution in [1.29, 1.82) is 0 Å². The van der Waals surface area contributed by atoms with E-state index >= 15 is 0 Å². The van der Waals surface area contributed by atoms with Crippen molar-refractivity contribution in [2.45, 2.75) is 13.8 Å². The van der Waals surface area contributed by atoms with E-state index in [1.807, 2.05) is 32.0 Å². The number of aryl methyl sites for hydroxylation is 2. The van der Waals surface area contributed by atoms with Gasteiger partial charge in [0, 0.05) is 43.2 Å². The summed E-state index contributed by atoms with van der Waals surface area (Å²) in [5.41, 5.74) is 23.8. The average molecular weight is 494 g/mol. The normalized spacial score (nSPS) is 16.2. The van der Waals surface area contributed by atoms with Crippen molar-refractivity contribution in [2.24, 2.45) is 10.2 Å². The second-order valence-corrected chi connectivity index (χ2v) is 8.78. The molecule has 0 radical (unpaired) electrons. The Morgan fingerprint density at radius 3 is 1.83 bits per heavy atom. The van der Waals surface area contributed by atoms with Crippen molar-refractivity contribution in [1.82, 2.24) is 10.2 Å². The lowest BCUT2D eigenvalue weighted by atomic mass is 10.1. The molecule has 0 atom stereocenters. The quantitative estimate of drug-likeness (QED) is 0.317. The van der Waals surface area contributed by atoms with Crippen LogP contribution in [-0.4, -0.2) is 62.8 Å². The summed E-state index contributed by atoms with van der Waals surface area (Å²) in [7, 11) is 0. The highest BCUT2D eigenvalue weighted by atomic mass is 16.5. The molecule has 36 heavy (non-hydrogen) atoms. The first-order valence-electron chi connectivity index (χ1n) is 12.1. The van der Waals surface area contributed by atoms with Crippen LogP contribution in [0.15, 0.2) is 46.6 Å². The van der Waals surface area contributed by atoms with Crippen molar-refractivity contribution >= 4 is 40.1 Å². The molecule has 11 heteroatoms. The molecule has 0 aliphatic carbocycles. The van der Waals surface area contributed by atoms with Crippen LogP contribution in [0.2, 0.25) is 0 Å². The number of azo groups is 1. The number of anilines is 5. The van der Waals surface area contributed by atoms with Gasteiger partial charge >= 0.3 is 0 Å². The van der Waals surface area contributed by atoms with Gasteiger partial charge in [0.05, 0.1) is 32.1 Å². The lowest BCUT2D eigenvalue weighted by Gasteiger charge is -2.29. The van der Waals surface area contributed by atoms with Gasteiger partial charge in [-0.3, -0.25) is 5.10 Å². The van der Waals surface area contributed by atoms with Gasteiger partial charge in [0.1, 0.15) is 5.82 Å². The Morgan fingerprint density at radius 2 is 1.33 bits per heavy atom. The van der Waals surface area contributed by atoms with Crippen LogP contribution in [0.25, 0.3) is 0 Å². The first-order chi connectivity index (χ1) is 17.4. The molecule has 0 spiro atoms. The summed E-state index contributed by atoms with van der Waals surface area (Å²) in [6.45, 7) is 11.0. The maximum atomic E-state index is 5.78. The fourth-order valence-corrected chi connectivity index (χ4v) is 4.02. The van der Waals surface area contributed by atoms with E-state index in [0.29, 0.717) is 11.5 Å². The number of rotatable bonds is 4. The lowest BCUT2D eigenvalue weighted by molar-refractivity contribution is 0.122. The standard InChI is InChI=1S/C14H19N7O.C11H16N2O/c1-9-8-10(21-4-6-22-7-5-21)2-3-11(9)17-18-12-13(15)19-20-14(12)16;1-9-8-10(2-3-11(9)12)13-4-6-14-7-5-13/h2-3,8H,4-7H2,1H3,(H5,15,16,19,20);2-3,8H,4-7,12H2,1H3. The third-order valence-corrected chi connectivity index (χ3v) is 6.24. The van der Waals surface area contributed by atoms with Gasteiger partial charge < -0.3 is 36.5 Å². The van der Waals surface area contributed by atoms with Gasteiger partial charge in [-0.2, -0.15) is 10.2 Å². The fourth-order valence-electron chi connectivity index (χ4n) is 4.02. The van der Waals surface area contributed by atoms with Gasteiger partial charge in [0.15, 0.2) is 11.5 Å². The van der Waals surface area contributed by atoms with Crippen molar-refractivity contribution in [3.63, 3.8) is 0 Å². The molecule has 2 aromatic carbocycles. The molecule has 11 nitrogen and oxygen atoms in total. The summed E-state index contributed by atoms with van der Waals surface area (Å²) in [5.74, 6) is 0.549. The zero-order valence-electron chi connectivity index (χ0n) is 20.9. The second kappa shape index (κ2) is 11.7. The van der Waals surface area contributed by atoms with Crippen LogP contribution in [-0.2, 0) is 9.47 Å². The van der Waals surface area contributed by atoms with Crippen molar-refractivity contribution in [2.75, 3.05) is 79.6 Å². The Bertz CT molecular complexity index is 1160. The molecule has 3 aromatic rings. The second-order valence-electron chi connectivity index (χ2n) is 8.78. The molecule has 2 fully saturated rings. The number of aromatic amines is 1. The number of nitrogens with two attached hydrogens (primary N) is 3. The molecule has 5 rings (SSSR count). The molecule has 192 valence electrons. The van der Waals surface area contributed by atoms with Crippen LogP contribution in [0.5, 0.6) is 0 Å². The molecule has 1 aromatic heterocycles. The molecule has 2 aliphatic heterocycles. The minimum Gasteiger partial charge on any atom is -0.399 e. The lowest BCUT2D eigenvalue weighted by Crippen LogP contribution is -2.36. The summed E-state index contributed by atoms with van der Waals surface area (Å²) in [6.07, 6.45) is 0. The largest absolute Gasteiger partial charge is 0.399 e. The smallest absolute Gasteiger partial charge is 0.175 e. The Labute approximate surface area is 211 Å². The topological polar surface area (TPSA) is 156 Å². The van der Waals surface area contributed by atoms with Gasteiger partial charge in [-0.1, -0.05) is 0 Å². The predicted octanol–water partition coefficient (Wildman–Crippen LogP) is 3.55. The van der Waals surface area contributed by atoms with Gasteiger partial charge in [-0.15, -0.1) is 5.11 Å². The number of aromatic nitrogens is 2. The van der Waals surface area contributed by atoms with E-state index in [2.05, 4.69) is 48.4 Å². The molecule has 3 heterocycles. The Kier molecular flexibility index (Phi) is 8.24. The maximum Gasteiger partial charge on any atom is 0.175 e. The van der Waals surface area contributed by atoms with E-state index in [9.17, 15) is 0 Å². The summed E-state index contributed by atoms with van der Waals surface area (Å²) >= 11 is 0. The van der Waals surface area contributed by atoms with Gasteiger partial charge in [0.2, 0.25) is 0 Å². The number of benzene rings is 2. The molecular weight excluding hydrogens is 458 g/mol. The minimum atomic E-state index is 0.240. The summed E-state index contributed by atoms with van der Waals surface area (Å²) in [4.78, 5) is 4.62. The molecule has 0 unspecified atom stereocenters. The Hall–Kier alpha value is -3.83. The Morgan fingerprint density at radius 1 is 0.778 bits per heavy atom. The van der Waals surface area contributed by atoms with E-state index in [1.165, 1.54) is 11.4 Å². The number of H-pyrrole nitrogens is 1. The molecule has 0 saturated carbocycles. The summed E-state index contributed by atoms with van der Waals surface area (Å²) in [5, 5.41) is 14.7. The van der Waals surface area contributed by atoms with Crippen molar-refractivity contribution in [3.8, 4) is 0 Å². The number of hydrogen-bond acceptors (Lipinski definition) is 10. The molecular formula is C25H35N9O2. The number of nitrogens with one attached hydrogen (secondary N) is 1. The third kappa shape index (κ3) is 6.23. The van der Waals surface area contributed by atoms with E-state index in [1.54, 1.807) is 0 Å². The van der Waals surface area contributed by atoms with Crippen molar-refractivity contribution in [3.05, 3.63) is 47.5 Å². The monoisotopic (exact) mass is 493 g/mol. The van der Waals surface area contributed by atoms with Crippen LogP contribution in [0.4, 0.5) is 40.1 Å².